The minimum Gasteiger partial charge on any atom is -0.370 e. The molecule has 5 heteroatoms. The maximum absolute atomic E-state index is 12.1. The van der Waals surface area contributed by atoms with Gasteiger partial charge in [-0.15, -0.1) is 0 Å². The highest BCUT2D eigenvalue weighted by Gasteiger charge is 2.24. The fourth-order valence-electron chi connectivity index (χ4n) is 2.12. The zero-order chi connectivity index (χ0) is 13.8. The van der Waals surface area contributed by atoms with E-state index < -0.39 is 0 Å². The lowest BCUT2D eigenvalue weighted by atomic mass is 10.1. The third-order valence-electron chi connectivity index (χ3n) is 3.18. The zero-order valence-corrected chi connectivity index (χ0v) is 12.1. The first-order valence-electron chi connectivity index (χ1n) is 6.80. The molecule has 1 saturated carbocycles. The van der Waals surface area contributed by atoms with E-state index in [0.717, 1.165) is 18.9 Å². The third kappa shape index (κ3) is 4.39. The molecule has 104 valence electrons. The molecule has 4 nitrogen and oxygen atoms in total. The summed E-state index contributed by atoms with van der Waals surface area (Å²) in [6.45, 7) is 4.76. The third-order valence-corrected chi connectivity index (χ3v) is 3.37. The Morgan fingerprint density at radius 3 is 2.89 bits per heavy atom. The summed E-state index contributed by atoms with van der Waals surface area (Å²) in [5.74, 6) is 1.35. The van der Waals surface area contributed by atoms with Crippen LogP contribution in [0.15, 0.2) is 12.1 Å². The number of pyridine rings is 1. The molecule has 0 spiro atoms. The Morgan fingerprint density at radius 2 is 2.26 bits per heavy atom. The number of carbonyl (C=O) groups excluding carboxylic acids is 1. The van der Waals surface area contributed by atoms with E-state index in [9.17, 15) is 4.79 Å². The molecule has 1 unspecified atom stereocenters. The number of halogens is 1. The Bertz CT molecular complexity index is 460. The van der Waals surface area contributed by atoms with E-state index in [4.69, 9.17) is 11.6 Å². The van der Waals surface area contributed by atoms with Crippen molar-refractivity contribution in [3.8, 4) is 0 Å². The number of amides is 1. The molecular formula is C14H20ClN3O. The number of hydrogen-bond acceptors (Lipinski definition) is 3. The number of rotatable bonds is 6. The molecule has 0 bridgehead atoms. The van der Waals surface area contributed by atoms with Gasteiger partial charge in [-0.05, 0) is 38.3 Å². The van der Waals surface area contributed by atoms with Gasteiger partial charge in [-0.3, -0.25) is 4.79 Å². The predicted molar refractivity (Wildman–Crippen MR) is 77.7 cm³/mol. The minimum atomic E-state index is -0.0865. The first-order chi connectivity index (χ1) is 9.08. The van der Waals surface area contributed by atoms with E-state index in [1.54, 1.807) is 12.1 Å². The number of carbonyl (C=O) groups is 1. The summed E-state index contributed by atoms with van der Waals surface area (Å²) in [6, 6.07) is 3.53. The van der Waals surface area contributed by atoms with Crippen molar-refractivity contribution in [1.29, 1.82) is 0 Å². The molecule has 1 aliphatic rings. The summed E-state index contributed by atoms with van der Waals surface area (Å²) in [5.41, 5.74) is 0.554. The van der Waals surface area contributed by atoms with Crippen LogP contribution >= 0.6 is 11.6 Å². The van der Waals surface area contributed by atoms with Crippen LogP contribution in [-0.4, -0.2) is 23.5 Å². The van der Waals surface area contributed by atoms with Crippen LogP contribution in [0.25, 0.3) is 0 Å². The number of nitrogens with one attached hydrogen (secondary N) is 2. The van der Waals surface area contributed by atoms with Gasteiger partial charge in [-0.2, -0.15) is 0 Å². The Hall–Kier alpha value is -1.29. The lowest BCUT2D eigenvalue weighted by Crippen LogP contribution is -2.33. The smallest absolute Gasteiger partial charge is 0.251 e. The largest absolute Gasteiger partial charge is 0.370 e. The molecule has 1 atom stereocenters. The molecule has 1 aromatic rings. The van der Waals surface area contributed by atoms with Crippen molar-refractivity contribution >= 4 is 23.3 Å². The van der Waals surface area contributed by atoms with Crippen molar-refractivity contribution in [2.45, 2.75) is 39.2 Å². The minimum absolute atomic E-state index is 0.0865. The summed E-state index contributed by atoms with van der Waals surface area (Å²) in [7, 11) is 0. The molecule has 1 aliphatic carbocycles. The maximum Gasteiger partial charge on any atom is 0.251 e. The number of nitrogens with zero attached hydrogens (tertiary/aromatic N) is 1. The predicted octanol–water partition coefficient (Wildman–Crippen LogP) is 3.09. The molecule has 1 heterocycles. The fraction of sp³-hybridized carbons (Fsp3) is 0.571. The van der Waals surface area contributed by atoms with Gasteiger partial charge in [-0.25, -0.2) is 4.98 Å². The van der Waals surface area contributed by atoms with E-state index in [2.05, 4.69) is 15.6 Å². The average molecular weight is 282 g/mol. The summed E-state index contributed by atoms with van der Waals surface area (Å²) >= 11 is 5.93. The van der Waals surface area contributed by atoms with Crippen molar-refractivity contribution in [2.24, 2.45) is 5.92 Å². The van der Waals surface area contributed by atoms with Gasteiger partial charge < -0.3 is 10.6 Å². The molecule has 0 saturated heterocycles. The van der Waals surface area contributed by atoms with Crippen LogP contribution in [0.4, 0.5) is 5.82 Å². The molecule has 1 aromatic heterocycles. The summed E-state index contributed by atoms with van der Waals surface area (Å²) < 4.78 is 0. The number of anilines is 1. The van der Waals surface area contributed by atoms with E-state index in [-0.39, 0.29) is 11.9 Å². The van der Waals surface area contributed by atoms with Gasteiger partial charge in [0.15, 0.2) is 0 Å². The van der Waals surface area contributed by atoms with Crippen molar-refractivity contribution in [3.63, 3.8) is 0 Å². The van der Waals surface area contributed by atoms with Crippen molar-refractivity contribution in [1.82, 2.24) is 10.3 Å². The highest BCUT2D eigenvalue weighted by molar-refractivity contribution is 6.29. The van der Waals surface area contributed by atoms with Crippen molar-refractivity contribution in [3.05, 3.63) is 22.8 Å². The van der Waals surface area contributed by atoms with Gasteiger partial charge in [-0.1, -0.05) is 24.4 Å². The normalized spacial score (nSPS) is 15.9. The van der Waals surface area contributed by atoms with Crippen molar-refractivity contribution in [2.75, 3.05) is 11.9 Å². The van der Waals surface area contributed by atoms with Crippen LogP contribution in [0.3, 0.4) is 0 Å². The lowest BCUT2D eigenvalue weighted by molar-refractivity contribution is 0.0937. The second-order valence-corrected chi connectivity index (χ2v) is 5.53. The van der Waals surface area contributed by atoms with E-state index in [1.165, 1.54) is 12.8 Å². The first-order valence-corrected chi connectivity index (χ1v) is 7.18. The SMILES string of the molecule is CCNc1cc(C(=O)NC(C)CC2CC2)cc(Cl)n1. The average Bonchev–Trinajstić information content (AvgIpc) is 3.12. The summed E-state index contributed by atoms with van der Waals surface area (Å²) in [4.78, 5) is 16.3. The molecular weight excluding hydrogens is 262 g/mol. The van der Waals surface area contributed by atoms with Gasteiger partial charge in [0.05, 0.1) is 0 Å². The van der Waals surface area contributed by atoms with Gasteiger partial charge >= 0.3 is 0 Å². The second kappa shape index (κ2) is 6.24. The highest BCUT2D eigenvalue weighted by Crippen LogP contribution is 2.33. The molecule has 0 radical (unpaired) electrons. The number of aromatic nitrogens is 1. The van der Waals surface area contributed by atoms with E-state index in [0.29, 0.717) is 16.5 Å². The molecule has 19 heavy (non-hydrogen) atoms. The van der Waals surface area contributed by atoms with Crippen LogP contribution in [0.1, 0.15) is 43.5 Å². The molecule has 1 amide bonds. The standard InChI is InChI=1S/C14H20ClN3O/c1-3-16-13-8-11(7-12(15)18-13)14(19)17-9(2)6-10-4-5-10/h7-10H,3-6H2,1-2H3,(H,16,18)(H,17,19). The van der Waals surface area contributed by atoms with Gasteiger partial charge in [0.2, 0.25) is 0 Å². The molecule has 1 fully saturated rings. The van der Waals surface area contributed by atoms with Crippen LogP contribution in [0.2, 0.25) is 5.15 Å². The van der Waals surface area contributed by atoms with Gasteiger partial charge in [0, 0.05) is 18.2 Å². The van der Waals surface area contributed by atoms with E-state index >= 15 is 0 Å². The van der Waals surface area contributed by atoms with E-state index in [1.807, 2.05) is 13.8 Å². The molecule has 0 aliphatic heterocycles. The highest BCUT2D eigenvalue weighted by atomic mass is 35.5. The Balaban J connectivity index is 2.00. The quantitative estimate of drug-likeness (QED) is 0.788. The van der Waals surface area contributed by atoms with Crippen LogP contribution in [0, 0.1) is 5.92 Å². The maximum atomic E-state index is 12.1. The van der Waals surface area contributed by atoms with Crippen LogP contribution in [-0.2, 0) is 0 Å². The number of hydrogen-bond donors (Lipinski definition) is 2. The second-order valence-electron chi connectivity index (χ2n) is 5.15. The molecule has 0 aromatic carbocycles. The Morgan fingerprint density at radius 1 is 1.53 bits per heavy atom. The van der Waals surface area contributed by atoms with Crippen LogP contribution < -0.4 is 10.6 Å². The Labute approximate surface area is 118 Å². The summed E-state index contributed by atoms with van der Waals surface area (Å²) in [6.07, 6.45) is 3.66. The summed E-state index contributed by atoms with van der Waals surface area (Å²) in [5, 5.41) is 6.41. The first kappa shape index (κ1) is 14.1. The lowest BCUT2D eigenvalue weighted by Gasteiger charge is -2.14. The van der Waals surface area contributed by atoms with Gasteiger partial charge in [0.25, 0.3) is 5.91 Å². The fourth-order valence-corrected chi connectivity index (χ4v) is 2.33. The van der Waals surface area contributed by atoms with Crippen molar-refractivity contribution < 1.29 is 4.79 Å². The zero-order valence-electron chi connectivity index (χ0n) is 11.4. The Kier molecular flexibility index (Phi) is 4.64. The monoisotopic (exact) mass is 281 g/mol. The molecule has 2 rings (SSSR count). The van der Waals surface area contributed by atoms with Crippen LogP contribution in [0.5, 0.6) is 0 Å². The topological polar surface area (TPSA) is 54.0 Å². The molecule has 2 N–H and O–H groups in total. The van der Waals surface area contributed by atoms with Gasteiger partial charge in [0.1, 0.15) is 11.0 Å².